The first-order chi connectivity index (χ1) is 7.00. The largest absolute Gasteiger partial charge is 0.481 e. The number of aromatic carboxylic acids is 1. The molecule has 80 valence electrons. The molecule has 15 heavy (non-hydrogen) atoms. The predicted molar refractivity (Wildman–Crippen MR) is 59.2 cm³/mol. The van der Waals surface area contributed by atoms with Crippen molar-refractivity contribution >= 4 is 34.5 Å². The van der Waals surface area contributed by atoms with Crippen molar-refractivity contribution in [1.82, 2.24) is 0 Å². The summed E-state index contributed by atoms with van der Waals surface area (Å²) in [6, 6.07) is 4.50. The number of hydrogen-bond donors (Lipinski definition) is 2. The Hall–Kier alpha value is -1.31. The lowest BCUT2D eigenvalue weighted by atomic mass is 10.2. The highest BCUT2D eigenvalue weighted by Crippen LogP contribution is 2.21. The van der Waals surface area contributed by atoms with Crippen LogP contribution in [0.25, 0.3) is 0 Å². The average Bonchev–Trinajstić information content (AvgIpc) is 2.15. The molecule has 0 saturated heterocycles. The normalized spacial score (nSPS) is 9.67. The van der Waals surface area contributed by atoms with Gasteiger partial charge in [-0.2, -0.15) is 0 Å². The Labute approximate surface area is 98.8 Å². The van der Waals surface area contributed by atoms with Crippen molar-refractivity contribution in [1.29, 1.82) is 0 Å². The minimum atomic E-state index is -1.15. The number of carboxylic acid groups (broad SMARTS) is 2. The molecule has 0 bridgehead atoms. The van der Waals surface area contributed by atoms with Crippen LogP contribution in [0.1, 0.15) is 10.4 Å². The quantitative estimate of drug-likeness (QED) is 0.820. The number of hydrogen-bond acceptors (Lipinski definition) is 3. The molecule has 2 N–H and O–H groups in total. The Morgan fingerprint density at radius 2 is 2.00 bits per heavy atom. The lowest BCUT2D eigenvalue weighted by Crippen LogP contribution is -2.12. The van der Waals surface area contributed by atoms with Gasteiger partial charge in [0.15, 0.2) is 6.61 Å². The van der Waals surface area contributed by atoms with Crippen LogP contribution >= 0.6 is 22.6 Å². The van der Waals surface area contributed by atoms with E-state index in [2.05, 4.69) is 0 Å². The van der Waals surface area contributed by atoms with Gasteiger partial charge in [-0.15, -0.1) is 0 Å². The Bertz CT molecular complexity index is 401. The van der Waals surface area contributed by atoms with Crippen molar-refractivity contribution in [3.63, 3.8) is 0 Å². The van der Waals surface area contributed by atoms with E-state index >= 15 is 0 Å². The van der Waals surface area contributed by atoms with E-state index in [4.69, 9.17) is 14.9 Å². The third kappa shape index (κ3) is 3.39. The molecule has 0 heterocycles. The smallest absolute Gasteiger partial charge is 0.341 e. The van der Waals surface area contributed by atoms with Crippen LogP contribution in [0.15, 0.2) is 18.2 Å². The van der Waals surface area contributed by atoms with Gasteiger partial charge in [-0.05, 0) is 40.8 Å². The van der Waals surface area contributed by atoms with Crippen molar-refractivity contribution in [2.45, 2.75) is 0 Å². The lowest BCUT2D eigenvalue weighted by Gasteiger charge is -2.06. The molecule has 0 aliphatic carbocycles. The Morgan fingerprint density at radius 1 is 1.33 bits per heavy atom. The van der Waals surface area contributed by atoms with E-state index in [0.29, 0.717) is 0 Å². The summed E-state index contributed by atoms with van der Waals surface area (Å²) >= 11 is 1.96. The van der Waals surface area contributed by atoms with Gasteiger partial charge in [0.2, 0.25) is 0 Å². The number of aliphatic carboxylic acids is 1. The molecular formula is C9H7IO5. The van der Waals surface area contributed by atoms with Crippen LogP contribution in [0.5, 0.6) is 5.75 Å². The summed E-state index contributed by atoms with van der Waals surface area (Å²) in [7, 11) is 0. The molecular weight excluding hydrogens is 315 g/mol. The molecule has 0 atom stereocenters. The van der Waals surface area contributed by atoms with Crippen molar-refractivity contribution in [3.8, 4) is 5.75 Å². The van der Waals surface area contributed by atoms with Crippen molar-refractivity contribution in [3.05, 3.63) is 27.3 Å². The molecule has 6 heteroatoms. The second kappa shape index (κ2) is 4.96. The lowest BCUT2D eigenvalue weighted by molar-refractivity contribution is -0.139. The Kier molecular flexibility index (Phi) is 3.89. The summed E-state index contributed by atoms with van der Waals surface area (Å²) in [5.74, 6) is -2.23. The fourth-order valence-corrected chi connectivity index (χ4v) is 1.43. The maximum absolute atomic E-state index is 10.8. The standard InChI is InChI=1S/C9H7IO5/c10-5-1-2-7(15-4-8(11)12)6(3-5)9(13)14/h1-3H,4H2,(H,11,12)(H,13,14). The number of halogens is 1. The summed E-state index contributed by atoms with van der Waals surface area (Å²) < 4.78 is 5.57. The minimum absolute atomic E-state index is 0.0387. The molecule has 0 amide bonds. The zero-order valence-corrected chi connectivity index (χ0v) is 9.59. The van der Waals surface area contributed by atoms with Gasteiger partial charge >= 0.3 is 11.9 Å². The molecule has 1 aromatic carbocycles. The predicted octanol–water partition coefficient (Wildman–Crippen LogP) is 1.45. The molecule has 0 aromatic heterocycles. The van der Waals surface area contributed by atoms with Gasteiger partial charge in [0.1, 0.15) is 11.3 Å². The van der Waals surface area contributed by atoms with Crippen molar-refractivity contribution < 1.29 is 24.5 Å². The molecule has 5 nitrogen and oxygen atoms in total. The summed E-state index contributed by atoms with van der Waals surface area (Å²) in [6.07, 6.45) is 0. The van der Waals surface area contributed by atoms with Gasteiger partial charge in [-0.3, -0.25) is 0 Å². The summed E-state index contributed by atoms with van der Waals surface area (Å²) in [4.78, 5) is 21.0. The summed E-state index contributed by atoms with van der Waals surface area (Å²) in [5.41, 5.74) is -0.0387. The maximum atomic E-state index is 10.8. The minimum Gasteiger partial charge on any atom is -0.481 e. The molecule has 0 spiro atoms. The molecule has 0 radical (unpaired) electrons. The average molecular weight is 322 g/mol. The second-order valence-electron chi connectivity index (χ2n) is 2.63. The van der Waals surface area contributed by atoms with Gasteiger partial charge < -0.3 is 14.9 Å². The van der Waals surface area contributed by atoms with Crippen molar-refractivity contribution in [2.75, 3.05) is 6.61 Å². The Morgan fingerprint density at radius 3 is 2.53 bits per heavy atom. The number of benzene rings is 1. The highest BCUT2D eigenvalue weighted by molar-refractivity contribution is 14.1. The zero-order valence-electron chi connectivity index (χ0n) is 7.44. The van der Waals surface area contributed by atoms with Gasteiger partial charge in [-0.25, -0.2) is 9.59 Å². The Balaban J connectivity index is 2.95. The highest BCUT2D eigenvalue weighted by Gasteiger charge is 2.12. The number of carbonyl (C=O) groups is 2. The zero-order chi connectivity index (χ0) is 11.4. The third-order valence-corrected chi connectivity index (χ3v) is 2.19. The number of ether oxygens (including phenoxy) is 1. The molecule has 0 fully saturated rings. The van der Waals surface area contributed by atoms with E-state index in [1.54, 1.807) is 6.07 Å². The van der Waals surface area contributed by atoms with E-state index in [0.717, 1.165) is 3.57 Å². The first kappa shape index (κ1) is 11.8. The first-order valence-electron chi connectivity index (χ1n) is 3.88. The van der Waals surface area contributed by atoms with E-state index < -0.39 is 18.5 Å². The first-order valence-corrected chi connectivity index (χ1v) is 4.96. The van der Waals surface area contributed by atoms with Crippen LogP contribution < -0.4 is 4.74 Å². The van der Waals surface area contributed by atoms with E-state index in [9.17, 15) is 9.59 Å². The van der Waals surface area contributed by atoms with Crippen LogP contribution in [0.2, 0.25) is 0 Å². The fourth-order valence-electron chi connectivity index (χ4n) is 0.935. The molecule has 1 aromatic rings. The topological polar surface area (TPSA) is 83.8 Å². The molecule has 0 aliphatic rings. The molecule has 1 rings (SSSR count). The number of carboxylic acids is 2. The van der Waals surface area contributed by atoms with E-state index in [1.807, 2.05) is 22.6 Å². The van der Waals surface area contributed by atoms with Crippen LogP contribution in [-0.4, -0.2) is 28.8 Å². The second-order valence-corrected chi connectivity index (χ2v) is 3.87. The monoisotopic (exact) mass is 322 g/mol. The highest BCUT2D eigenvalue weighted by atomic mass is 127. The molecule has 0 saturated carbocycles. The SMILES string of the molecule is O=C(O)COc1ccc(I)cc1C(=O)O. The fraction of sp³-hybridized carbons (Fsp3) is 0.111. The van der Waals surface area contributed by atoms with Crippen LogP contribution in [0.3, 0.4) is 0 Å². The van der Waals surface area contributed by atoms with Gasteiger partial charge in [0.25, 0.3) is 0 Å². The maximum Gasteiger partial charge on any atom is 0.341 e. The van der Waals surface area contributed by atoms with Crippen molar-refractivity contribution in [2.24, 2.45) is 0 Å². The van der Waals surface area contributed by atoms with Gasteiger partial charge in [0.05, 0.1) is 0 Å². The summed E-state index contributed by atoms with van der Waals surface area (Å²) in [5, 5.41) is 17.2. The molecule has 0 aliphatic heterocycles. The third-order valence-electron chi connectivity index (χ3n) is 1.52. The van der Waals surface area contributed by atoms with Crippen LogP contribution in [0, 0.1) is 3.57 Å². The summed E-state index contributed by atoms with van der Waals surface area (Å²) in [6.45, 7) is -0.555. The van der Waals surface area contributed by atoms with Gasteiger partial charge in [0, 0.05) is 3.57 Å². The van der Waals surface area contributed by atoms with Crippen LogP contribution in [-0.2, 0) is 4.79 Å². The van der Waals surface area contributed by atoms with Crippen LogP contribution in [0.4, 0.5) is 0 Å². The molecule has 0 unspecified atom stereocenters. The number of rotatable bonds is 4. The van der Waals surface area contributed by atoms with E-state index in [1.165, 1.54) is 12.1 Å². The van der Waals surface area contributed by atoms with Gasteiger partial charge in [-0.1, -0.05) is 0 Å². The van der Waals surface area contributed by atoms with E-state index in [-0.39, 0.29) is 11.3 Å².